The Kier molecular flexibility index (Phi) is 7.20. The first-order chi connectivity index (χ1) is 15.3. The first-order valence-electron chi connectivity index (χ1n) is 10.8. The van der Waals surface area contributed by atoms with Crippen LogP contribution in [-0.2, 0) is 9.59 Å². The van der Waals surface area contributed by atoms with Crippen molar-refractivity contribution in [3.8, 4) is 11.5 Å². The lowest BCUT2D eigenvalue weighted by Gasteiger charge is -2.28. The van der Waals surface area contributed by atoms with Gasteiger partial charge in [0.05, 0.1) is 24.3 Å². The van der Waals surface area contributed by atoms with E-state index in [2.05, 4.69) is 4.90 Å². The summed E-state index contributed by atoms with van der Waals surface area (Å²) in [7, 11) is 1.56. The molecule has 7 nitrogen and oxygen atoms in total. The molecule has 0 bridgehead atoms. The smallest absolute Gasteiger partial charge is 0.295 e. The van der Waals surface area contributed by atoms with E-state index in [9.17, 15) is 19.8 Å². The number of likely N-dealkylation sites (N-methyl/N-ethyl adjacent to an activating group) is 1. The standard InChI is InChI=1S/C25H30N2O5/c1-5-26(6-2)13-14-27-22(17-8-10-18(32-4)11-9-17)21(24(30)25(27)31)23(29)19-15-16(3)7-12-20(19)28/h7-12,15,22,28-29H,5-6,13-14H2,1-4H3/b23-21+. The monoisotopic (exact) mass is 438 g/mol. The van der Waals surface area contributed by atoms with Gasteiger partial charge >= 0.3 is 0 Å². The second-order valence-electron chi connectivity index (χ2n) is 7.81. The molecule has 7 heteroatoms. The normalized spacial score (nSPS) is 17.9. The van der Waals surface area contributed by atoms with Crippen molar-refractivity contribution >= 4 is 17.4 Å². The quantitative estimate of drug-likeness (QED) is 0.373. The number of rotatable bonds is 8. The average molecular weight is 439 g/mol. The number of carbonyl (C=O) groups excluding carboxylic acids is 2. The number of aryl methyl sites for hydroxylation is 1. The van der Waals surface area contributed by atoms with E-state index in [1.54, 1.807) is 43.5 Å². The van der Waals surface area contributed by atoms with Gasteiger partial charge in [0.25, 0.3) is 11.7 Å². The predicted octanol–water partition coefficient (Wildman–Crippen LogP) is 3.47. The number of Topliss-reactive ketones (excluding diaryl/α,β-unsaturated/α-hetero) is 1. The second kappa shape index (κ2) is 9.87. The molecule has 0 saturated carbocycles. The fraction of sp³-hybridized carbons (Fsp3) is 0.360. The van der Waals surface area contributed by atoms with Gasteiger partial charge in [-0.3, -0.25) is 9.59 Å². The molecule has 1 fully saturated rings. The maximum Gasteiger partial charge on any atom is 0.295 e. The SMILES string of the molecule is CCN(CC)CCN1C(=O)C(=O)/C(=C(/O)c2cc(C)ccc2O)C1c1ccc(OC)cc1. The van der Waals surface area contributed by atoms with Crippen LogP contribution in [0.3, 0.4) is 0 Å². The van der Waals surface area contributed by atoms with E-state index in [1.165, 1.54) is 11.0 Å². The third-order valence-electron chi connectivity index (χ3n) is 5.93. The van der Waals surface area contributed by atoms with E-state index in [1.807, 2.05) is 20.8 Å². The second-order valence-corrected chi connectivity index (χ2v) is 7.81. The molecule has 2 aromatic carbocycles. The highest BCUT2D eigenvalue weighted by Crippen LogP contribution is 2.41. The van der Waals surface area contributed by atoms with E-state index < -0.39 is 17.7 Å². The summed E-state index contributed by atoms with van der Waals surface area (Å²) in [6, 6.07) is 11.1. The molecule has 2 aromatic rings. The number of amides is 1. The summed E-state index contributed by atoms with van der Waals surface area (Å²) in [6.07, 6.45) is 0. The Morgan fingerprint density at radius 3 is 2.34 bits per heavy atom. The topological polar surface area (TPSA) is 90.3 Å². The number of ketones is 1. The highest BCUT2D eigenvalue weighted by molar-refractivity contribution is 6.46. The van der Waals surface area contributed by atoms with Gasteiger partial charge in [-0.25, -0.2) is 0 Å². The maximum atomic E-state index is 13.1. The Morgan fingerprint density at radius 2 is 1.75 bits per heavy atom. The van der Waals surface area contributed by atoms with Crippen molar-refractivity contribution in [2.75, 3.05) is 33.3 Å². The first-order valence-corrected chi connectivity index (χ1v) is 10.8. The van der Waals surface area contributed by atoms with Crippen LogP contribution < -0.4 is 4.74 Å². The lowest BCUT2D eigenvalue weighted by Crippen LogP contribution is -2.38. The number of aromatic hydroxyl groups is 1. The van der Waals surface area contributed by atoms with Crippen LogP contribution in [0.2, 0.25) is 0 Å². The fourth-order valence-electron chi connectivity index (χ4n) is 4.02. The zero-order valence-electron chi connectivity index (χ0n) is 19.0. The van der Waals surface area contributed by atoms with Crippen molar-refractivity contribution < 1.29 is 24.5 Å². The molecule has 32 heavy (non-hydrogen) atoms. The molecule has 1 aliphatic heterocycles. The third-order valence-corrected chi connectivity index (χ3v) is 5.93. The number of ether oxygens (including phenoxy) is 1. The van der Waals surface area contributed by atoms with Crippen molar-refractivity contribution in [3.63, 3.8) is 0 Å². The molecular formula is C25H30N2O5. The van der Waals surface area contributed by atoms with Gasteiger partial charge in [-0.2, -0.15) is 0 Å². The summed E-state index contributed by atoms with van der Waals surface area (Å²) < 4.78 is 5.23. The zero-order valence-corrected chi connectivity index (χ0v) is 19.0. The number of aliphatic hydroxyl groups excluding tert-OH is 1. The van der Waals surface area contributed by atoms with Gasteiger partial charge in [0.15, 0.2) is 0 Å². The number of aliphatic hydroxyl groups is 1. The molecule has 170 valence electrons. The number of nitrogens with zero attached hydrogens (tertiary/aromatic N) is 2. The summed E-state index contributed by atoms with van der Waals surface area (Å²) >= 11 is 0. The average Bonchev–Trinajstić information content (AvgIpc) is 3.05. The minimum absolute atomic E-state index is 0.0272. The molecular weight excluding hydrogens is 408 g/mol. The Balaban J connectivity index is 2.13. The lowest BCUT2D eigenvalue weighted by molar-refractivity contribution is -0.140. The Labute approximate surface area is 188 Å². The van der Waals surface area contributed by atoms with Crippen molar-refractivity contribution in [2.24, 2.45) is 0 Å². The summed E-state index contributed by atoms with van der Waals surface area (Å²) in [5.41, 5.74) is 1.59. The number of carbonyl (C=O) groups is 2. The van der Waals surface area contributed by atoms with Crippen LogP contribution in [0.4, 0.5) is 0 Å². The molecule has 3 rings (SSSR count). The molecule has 1 atom stereocenters. The molecule has 1 saturated heterocycles. The molecule has 1 unspecified atom stereocenters. The molecule has 0 spiro atoms. The van der Waals surface area contributed by atoms with Crippen LogP contribution in [-0.4, -0.2) is 65.0 Å². The summed E-state index contributed by atoms with van der Waals surface area (Å²) in [5, 5.41) is 21.4. The van der Waals surface area contributed by atoms with E-state index >= 15 is 0 Å². The number of hydrogen-bond acceptors (Lipinski definition) is 6. The third kappa shape index (κ3) is 4.48. The lowest BCUT2D eigenvalue weighted by atomic mass is 9.94. The highest BCUT2D eigenvalue weighted by Gasteiger charge is 2.46. The number of methoxy groups -OCH3 is 1. The van der Waals surface area contributed by atoms with Gasteiger partial charge in [0, 0.05) is 13.1 Å². The van der Waals surface area contributed by atoms with Crippen molar-refractivity contribution in [1.29, 1.82) is 0 Å². The van der Waals surface area contributed by atoms with E-state index in [4.69, 9.17) is 4.74 Å². The summed E-state index contributed by atoms with van der Waals surface area (Å²) in [6.45, 7) is 8.48. The van der Waals surface area contributed by atoms with Crippen LogP contribution >= 0.6 is 0 Å². The molecule has 1 aliphatic rings. The zero-order chi connectivity index (χ0) is 23.4. The summed E-state index contributed by atoms with van der Waals surface area (Å²) in [5.74, 6) is -1.31. The number of hydrogen-bond donors (Lipinski definition) is 2. The van der Waals surface area contributed by atoms with Crippen molar-refractivity contribution in [2.45, 2.75) is 26.8 Å². The summed E-state index contributed by atoms with van der Waals surface area (Å²) in [4.78, 5) is 29.8. The van der Waals surface area contributed by atoms with Crippen LogP contribution in [0.25, 0.3) is 5.76 Å². The minimum atomic E-state index is -0.767. The van der Waals surface area contributed by atoms with Crippen molar-refractivity contribution in [3.05, 3.63) is 64.7 Å². The number of phenolic OH excluding ortho intramolecular Hbond substituents is 1. The maximum absolute atomic E-state index is 13.1. The van der Waals surface area contributed by atoms with Gasteiger partial charge in [-0.15, -0.1) is 0 Å². The van der Waals surface area contributed by atoms with Gasteiger partial charge in [-0.05, 0) is 49.8 Å². The Morgan fingerprint density at radius 1 is 1.09 bits per heavy atom. The van der Waals surface area contributed by atoms with Gasteiger partial charge in [-0.1, -0.05) is 37.6 Å². The largest absolute Gasteiger partial charge is 0.507 e. The van der Waals surface area contributed by atoms with Crippen LogP contribution in [0.1, 0.15) is 36.6 Å². The van der Waals surface area contributed by atoms with Gasteiger partial charge < -0.3 is 24.7 Å². The van der Waals surface area contributed by atoms with Crippen molar-refractivity contribution in [1.82, 2.24) is 9.80 Å². The fourth-order valence-corrected chi connectivity index (χ4v) is 4.02. The van der Waals surface area contributed by atoms with E-state index in [0.29, 0.717) is 24.4 Å². The van der Waals surface area contributed by atoms with E-state index in [0.717, 1.165) is 18.7 Å². The number of benzene rings is 2. The minimum Gasteiger partial charge on any atom is -0.507 e. The number of phenols is 1. The Bertz CT molecular complexity index is 1030. The van der Waals surface area contributed by atoms with Crippen LogP contribution in [0.5, 0.6) is 11.5 Å². The predicted molar refractivity (Wildman–Crippen MR) is 123 cm³/mol. The Hall–Kier alpha value is -3.32. The first kappa shape index (κ1) is 23.3. The number of likely N-dealkylation sites (tertiary alicyclic amines) is 1. The van der Waals surface area contributed by atoms with Crippen LogP contribution in [0, 0.1) is 6.92 Å². The molecule has 1 amide bonds. The molecule has 0 aromatic heterocycles. The molecule has 0 aliphatic carbocycles. The highest BCUT2D eigenvalue weighted by atomic mass is 16.5. The molecule has 2 N–H and O–H groups in total. The molecule has 1 heterocycles. The van der Waals surface area contributed by atoms with Crippen LogP contribution in [0.15, 0.2) is 48.0 Å². The molecule has 0 radical (unpaired) electrons. The van der Waals surface area contributed by atoms with Gasteiger partial charge in [0.2, 0.25) is 0 Å². The van der Waals surface area contributed by atoms with Gasteiger partial charge in [0.1, 0.15) is 17.3 Å². The van der Waals surface area contributed by atoms with E-state index in [-0.39, 0.29) is 22.6 Å².